The number of amides is 1. The van der Waals surface area contributed by atoms with Gasteiger partial charge in [0.25, 0.3) is 5.91 Å². The third-order valence-electron chi connectivity index (χ3n) is 3.68. The van der Waals surface area contributed by atoms with Gasteiger partial charge in [0, 0.05) is 17.3 Å². The molecule has 3 rings (SSSR count). The van der Waals surface area contributed by atoms with Crippen LogP contribution in [-0.2, 0) is 0 Å². The van der Waals surface area contributed by atoms with Crippen molar-refractivity contribution in [2.45, 2.75) is 20.8 Å². The van der Waals surface area contributed by atoms with Crippen LogP contribution in [0.25, 0.3) is 0 Å². The fraction of sp³-hybridized carbons (Fsp3) is 0.174. The Bertz CT molecular complexity index is 873. The van der Waals surface area contributed by atoms with Crippen LogP contribution in [0.2, 0.25) is 0 Å². The molecule has 0 atom stereocenters. The van der Waals surface area contributed by atoms with Gasteiger partial charge in [0.2, 0.25) is 0 Å². The van der Waals surface area contributed by atoms with Gasteiger partial charge in [0.15, 0.2) is 0 Å². The molecule has 0 aliphatic heterocycles. The van der Waals surface area contributed by atoms with E-state index in [4.69, 9.17) is 9.47 Å². The monoisotopic (exact) mass is 363 g/mol. The summed E-state index contributed by atoms with van der Waals surface area (Å²) in [6, 6.07) is 22.1. The minimum absolute atomic E-state index is 0.202. The van der Waals surface area contributed by atoms with Crippen molar-refractivity contribution in [1.82, 2.24) is 0 Å². The quantitative estimate of drug-likeness (QED) is 0.598. The molecule has 1 N–H and O–H groups in total. The highest BCUT2D eigenvalue weighted by Gasteiger charge is 2.08. The Morgan fingerprint density at radius 3 is 2.19 bits per heavy atom. The van der Waals surface area contributed by atoms with Crippen LogP contribution in [0.4, 0.5) is 5.69 Å². The first kappa shape index (κ1) is 20.0. The topological polar surface area (TPSA) is 47.6 Å². The molecular weight excluding hydrogens is 338 g/mol. The van der Waals surface area contributed by atoms with Crippen molar-refractivity contribution in [3.8, 4) is 17.2 Å². The maximum atomic E-state index is 12.4. The number of aryl methyl sites for hydroxylation is 1. The van der Waals surface area contributed by atoms with Gasteiger partial charge in [0.05, 0.1) is 7.11 Å². The SMILES string of the molecule is CC.COc1cccc(C(=O)Nc2cccc(Oc3ccc(C)cc3)c2)c1. The van der Waals surface area contributed by atoms with Crippen LogP contribution in [0, 0.1) is 6.92 Å². The number of methoxy groups -OCH3 is 1. The summed E-state index contributed by atoms with van der Waals surface area (Å²) in [5, 5.41) is 2.87. The first-order valence-electron chi connectivity index (χ1n) is 8.94. The summed E-state index contributed by atoms with van der Waals surface area (Å²) in [6.45, 7) is 6.03. The molecular formula is C23H25NO3. The average molecular weight is 363 g/mol. The predicted molar refractivity (Wildman–Crippen MR) is 110 cm³/mol. The summed E-state index contributed by atoms with van der Waals surface area (Å²) in [5.74, 6) is 1.85. The van der Waals surface area contributed by atoms with Crippen LogP contribution < -0.4 is 14.8 Å². The second kappa shape index (κ2) is 10.0. The van der Waals surface area contributed by atoms with Crippen LogP contribution in [0.5, 0.6) is 17.2 Å². The molecule has 0 aliphatic rings. The first-order valence-corrected chi connectivity index (χ1v) is 8.94. The van der Waals surface area contributed by atoms with Crippen molar-refractivity contribution in [3.05, 3.63) is 83.9 Å². The Hall–Kier alpha value is -3.27. The van der Waals surface area contributed by atoms with Gasteiger partial charge in [-0.15, -0.1) is 0 Å². The summed E-state index contributed by atoms with van der Waals surface area (Å²) < 4.78 is 11.0. The van der Waals surface area contributed by atoms with E-state index in [1.54, 1.807) is 37.4 Å². The number of hydrogen-bond acceptors (Lipinski definition) is 3. The van der Waals surface area contributed by atoms with Crippen molar-refractivity contribution in [1.29, 1.82) is 0 Å². The average Bonchev–Trinajstić information content (AvgIpc) is 2.71. The third kappa shape index (κ3) is 5.89. The van der Waals surface area contributed by atoms with Crippen molar-refractivity contribution in [3.63, 3.8) is 0 Å². The van der Waals surface area contributed by atoms with E-state index in [1.165, 1.54) is 5.56 Å². The maximum absolute atomic E-state index is 12.4. The fourth-order valence-electron chi connectivity index (χ4n) is 2.35. The largest absolute Gasteiger partial charge is 0.497 e. The van der Waals surface area contributed by atoms with Crippen molar-refractivity contribution < 1.29 is 14.3 Å². The molecule has 0 unspecified atom stereocenters. The smallest absolute Gasteiger partial charge is 0.255 e. The highest BCUT2D eigenvalue weighted by atomic mass is 16.5. The second-order valence-corrected chi connectivity index (χ2v) is 5.63. The summed E-state index contributed by atoms with van der Waals surface area (Å²) >= 11 is 0. The van der Waals surface area contributed by atoms with E-state index in [1.807, 2.05) is 63.2 Å². The van der Waals surface area contributed by atoms with E-state index in [0.717, 1.165) is 5.75 Å². The molecule has 0 spiro atoms. The highest BCUT2D eigenvalue weighted by Crippen LogP contribution is 2.25. The Labute approximate surface area is 160 Å². The van der Waals surface area contributed by atoms with Gasteiger partial charge in [-0.2, -0.15) is 0 Å². The maximum Gasteiger partial charge on any atom is 0.255 e. The molecule has 0 bridgehead atoms. The number of benzene rings is 3. The molecule has 0 radical (unpaired) electrons. The normalized spacial score (nSPS) is 9.63. The molecule has 0 fully saturated rings. The summed E-state index contributed by atoms with van der Waals surface area (Å²) in [4.78, 5) is 12.4. The van der Waals surface area contributed by atoms with Gasteiger partial charge in [-0.25, -0.2) is 0 Å². The lowest BCUT2D eigenvalue weighted by Crippen LogP contribution is -2.11. The van der Waals surface area contributed by atoms with Crippen molar-refractivity contribution >= 4 is 11.6 Å². The summed E-state index contributed by atoms with van der Waals surface area (Å²) in [6.07, 6.45) is 0. The standard InChI is InChI=1S/C21H19NO3.C2H6/c1-15-9-11-18(12-10-15)25-20-8-4-6-17(14-20)22-21(23)16-5-3-7-19(13-16)24-2;1-2/h3-14H,1-2H3,(H,22,23);1-2H3. The molecule has 4 heteroatoms. The number of rotatable bonds is 5. The predicted octanol–water partition coefficient (Wildman–Crippen LogP) is 6.07. The van der Waals surface area contributed by atoms with Crippen LogP contribution in [0.3, 0.4) is 0 Å². The number of nitrogens with one attached hydrogen (secondary N) is 1. The van der Waals surface area contributed by atoms with E-state index in [-0.39, 0.29) is 5.91 Å². The zero-order chi connectivity index (χ0) is 19.6. The third-order valence-corrected chi connectivity index (χ3v) is 3.68. The number of hydrogen-bond donors (Lipinski definition) is 1. The van der Waals surface area contributed by atoms with Gasteiger partial charge in [-0.3, -0.25) is 4.79 Å². The van der Waals surface area contributed by atoms with Crippen LogP contribution in [-0.4, -0.2) is 13.0 Å². The lowest BCUT2D eigenvalue weighted by molar-refractivity contribution is 0.102. The Morgan fingerprint density at radius 2 is 1.48 bits per heavy atom. The molecule has 0 aromatic heterocycles. The van der Waals surface area contributed by atoms with Gasteiger partial charge in [-0.05, 0) is 49.4 Å². The molecule has 3 aromatic rings. The molecule has 1 amide bonds. The molecule has 0 heterocycles. The lowest BCUT2D eigenvalue weighted by Gasteiger charge is -2.10. The van der Waals surface area contributed by atoms with E-state index in [2.05, 4.69) is 5.32 Å². The van der Waals surface area contributed by atoms with Crippen LogP contribution in [0.1, 0.15) is 29.8 Å². The highest BCUT2D eigenvalue weighted by molar-refractivity contribution is 6.04. The van der Waals surface area contributed by atoms with Gasteiger partial charge < -0.3 is 14.8 Å². The molecule has 3 aromatic carbocycles. The van der Waals surface area contributed by atoms with Crippen LogP contribution in [0.15, 0.2) is 72.8 Å². The lowest BCUT2D eigenvalue weighted by atomic mass is 10.2. The molecule has 0 saturated heterocycles. The van der Waals surface area contributed by atoms with Crippen molar-refractivity contribution in [2.24, 2.45) is 0 Å². The fourth-order valence-corrected chi connectivity index (χ4v) is 2.35. The van der Waals surface area contributed by atoms with Gasteiger partial charge in [0.1, 0.15) is 17.2 Å². The number of ether oxygens (including phenoxy) is 2. The first-order chi connectivity index (χ1) is 13.1. The zero-order valence-electron chi connectivity index (χ0n) is 16.2. The van der Waals surface area contributed by atoms with Crippen molar-refractivity contribution in [2.75, 3.05) is 12.4 Å². The van der Waals surface area contributed by atoms with Crippen LogP contribution >= 0.6 is 0 Å². The van der Waals surface area contributed by atoms with Gasteiger partial charge >= 0.3 is 0 Å². The number of carbonyl (C=O) groups excluding carboxylic acids is 1. The minimum atomic E-state index is -0.202. The van der Waals surface area contributed by atoms with E-state index in [0.29, 0.717) is 22.7 Å². The molecule has 140 valence electrons. The van der Waals surface area contributed by atoms with E-state index >= 15 is 0 Å². The second-order valence-electron chi connectivity index (χ2n) is 5.63. The minimum Gasteiger partial charge on any atom is -0.497 e. The molecule has 0 aliphatic carbocycles. The number of anilines is 1. The Morgan fingerprint density at radius 1 is 0.815 bits per heavy atom. The summed E-state index contributed by atoms with van der Waals surface area (Å²) in [5.41, 5.74) is 2.37. The Balaban J connectivity index is 0.00000126. The van der Waals surface area contributed by atoms with E-state index in [9.17, 15) is 4.79 Å². The molecule has 0 saturated carbocycles. The Kier molecular flexibility index (Phi) is 7.44. The van der Waals surface area contributed by atoms with Gasteiger partial charge in [-0.1, -0.05) is 43.7 Å². The molecule has 4 nitrogen and oxygen atoms in total. The zero-order valence-corrected chi connectivity index (χ0v) is 16.2. The molecule has 27 heavy (non-hydrogen) atoms. The van der Waals surface area contributed by atoms with E-state index < -0.39 is 0 Å². The summed E-state index contributed by atoms with van der Waals surface area (Å²) in [7, 11) is 1.57. The number of carbonyl (C=O) groups is 1.